The van der Waals surface area contributed by atoms with Gasteiger partial charge in [-0.05, 0) is 35.2 Å². The summed E-state index contributed by atoms with van der Waals surface area (Å²) in [5, 5.41) is 0. The highest BCUT2D eigenvalue weighted by atomic mass is 16.6. The van der Waals surface area contributed by atoms with E-state index in [-0.39, 0.29) is 42.0 Å². The molecular formula is C19H18O4. The highest BCUT2D eigenvalue weighted by molar-refractivity contribution is 5.89. The molecular weight excluding hydrogens is 292 g/mol. The van der Waals surface area contributed by atoms with E-state index >= 15 is 0 Å². The third-order valence-corrected chi connectivity index (χ3v) is 7.11. The number of fused-ring (bicyclic) bond motifs is 2. The average Bonchev–Trinajstić information content (AvgIpc) is 3.04. The molecule has 1 saturated carbocycles. The van der Waals surface area contributed by atoms with E-state index < -0.39 is 5.41 Å². The van der Waals surface area contributed by atoms with Crippen molar-refractivity contribution in [3.05, 3.63) is 34.4 Å². The number of carbonyl (C=O) groups excluding carboxylic acids is 1. The Morgan fingerprint density at radius 3 is 2.87 bits per heavy atom. The number of hydrogen-bond acceptors (Lipinski definition) is 4. The number of esters is 1. The summed E-state index contributed by atoms with van der Waals surface area (Å²) in [5.74, 6) is 1.48. The first-order valence-corrected chi connectivity index (χ1v) is 8.36. The van der Waals surface area contributed by atoms with Gasteiger partial charge >= 0.3 is 5.97 Å². The van der Waals surface area contributed by atoms with Crippen LogP contribution in [0.15, 0.2) is 12.1 Å². The summed E-state index contributed by atoms with van der Waals surface area (Å²) in [5.41, 5.74) is 4.35. The van der Waals surface area contributed by atoms with Gasteiger partial charge in [-0.3, -0.25) is 4.79 Å². The molecule has 4 bridgehead atoms. The summed E-state index contributed by atoms with van der Waals surface area (Å²) in [6, 6.07) is 2.11. The number of methoxy groups -OCH3 is 1. The Hall–Kier alpha value is -1.81. The van der Waals surface area contributed by atoms with Gasteiger partial charge < -0.3 is 14.2 Å². The molecule has 0 amide bonds. The first kappa shape index (κ1) is 12.6. The van der Waals surface area contributed by atoms with Gasteiger partial charge in [-0.2, -0.15) is 0 Å². The van der Waals surface area contributed by atoms with Crippen LogP contribution in [0, 0.1) is 24.2 Å². The van der Waals surface area contributed by atoms with E-state index in [1.54, 1.807) is 7.11 Å². The van der Waals surface area contributed by atoms with Crippen molar-refractivity contribution in [2.75, 3.05) is 7.11 Å². The van der Waals surface area contributed by atoms with Crippen LogP contribution in [-0.2, 0) is 14.3 Å². The summed E-state index contributed by atoms with van der Waals surface area (Å²) in [6.45, 7) is 4.26. The van der Waals surface area contributed by atoms with Crippen molar-refractivity contribution >= 4 is 12.0 Å². The monoisotopic (exact) mass is 310 g/mol. The van der Waals surface area contributed by atoms with Crippen LogP contribution in [0.1, 0.15) is 41.2 Å². The molecule has 4 heteroatoms. The van der Waals surface area contributed by atoms with Crippen LogP contribution in [0.3, 0.4) is 0 Å². The largest absolute Gasteiger partial charge is 0.496 e. The lowest BCUT2D eigenvalue weighted by atomic mass is 9.52. The molecule has 1 aromatic rings. The lowest BCUT2D eigenvalue weighted by molar-refractivity contribution is -0.204. The molecule has 1 aromatic carbocycles. The second kappa shape index (κ2) is 3.48. The molecule has 3 saturated heterocycles. The van der Waals surface area contributed by atoms with Crippen molar-refractivity contribution in [2.24, 2.45) is 17.3 Å². The summed E-state index contributed by atoms with van der Waals surface area (Å²) in [6.07, 6.45) is 4.16. The van der Waals surface area contributed by atoms with E-state index in [0.29, 0.717) is 0 Å². The van der Waals surface area contributed by atoms with Crippen LogP contribution in [0.2, 0.25) is 0 Å². The Bertz CT molecular complexity index is 825. The van der Waals surface area contributed by atoms with E-state index in [0.717, 1.165) is 11.3 Å². The summed E-state index contributed by atoms with van der Waals surface area (Å²) in [4.78, 5) is 12.8. The predicted molar refractivity (Wildman–Crippen MR) is 82.1 cm³/mol. The number of carbonyl (C=O) groups is 1. The Morgan fingerprint density at radius 1 is 1.26 bits per heavy atom. The fraction of sp³-hybridized carbons (Fsp3) is 0.526. The third kappa shape index (κ3) is 1.04. The maximum absolute atomic E-state index is 12.8. The second-order valence-electron chi connectivity index (χ2n) is 7.62. The van der Waals surface area contributed by atoms with Gasteiger partial charge in [0.25, 0.3) is 0 Å². The maximum atomic E-state index is 12.8. The van der Waals surface area contributed by atoms with E-state index in [2.05, 4.69) is 32.1 Å². The molecule has 23 heavy (non-hydrogen) atoms. The Balaban J connectivity index is 1.75. The van der Waals surface area contributed by atoms with Crippen LogP contribution in [0.4, 0.5) is 0 Å². The molecule has 4 nitrogen and oxygen atoms in total. The topological polar surface area (TPSA) is 44.8 Å². The molecule has 118 valence electrons. The average molecular weight is 310 g/mol. The second-order valence-corrected chi connectivity index (χ2v) is 7.62. The molecule has 3 heterocycles. The zero-order chi connectivity index (χ0) is 15.7. The van der Waals surface area contributed by atoms with E-state index in [1.807, 2.05) is 0 Å². The fourth-order valence-electron chi connectivity index (χ4n) is 6.18. The minimum Gasteiger partial charge on any atom is -0.496 e. The summed E-state index contributed by atoms with van der Waals surface area (Å²) < 4.78 is 17.9. The molecule has 0 N–H and O–H groups in total. The van der Waals surface area contributed by atoms with Gasteiger partial charge in [0.1, 0.15) is 11.9 Å². The van der Waals surface area contributed by atoms with Crippen molar-refractivity contribution in [1.82, 2.24) is 0 Å². The molecule has 0 radical (unpaired) electrons. The standard InChI is InChI=1S/C19H18O4/c1-7-10(21-3)6-9-4-5-19-8(2)15-17(23-18(19)20)13-14(19)12(9)11(7)16(13)22-15/h4-6,8,13-17H,1-3H3/t8?,13-,14-,15+,16+,17-,19-/m1/s1. The van der Waals surface area contributed by atoms with Crippen LogP contribution < -0.4 is 4.74 Å². The fourth-order valence-corrected chi connectivity index (χ4v) is 6.18. The summed E-state index contributed by atoms with van der Waals surface area (Å²) in [7, 11) is 1.71. The number of rotatable bonds is 1. The van der Waals surface area contributed by atoms with Crippen LogP contribution in [-0.4, -0.2) is 25.3 Å². The van der Waals surface area contributed by atoms with Crippen molar-refractivity contribution in [3.8, 4) is 5.75 Å². The van der Waals surface area contributed by atoms with Gasteiger partial charge in [-0.15, -0.1) is 0 Å². The van der Waals surface area contributed by atoms with Gasteiger partial charge in [0.2, 0.25) is 0 Å². The lowest BCUT2D eigenvalue weighted by Crippen LogP contribution is -2.63. The number of benzene rings is 1. The highest BCUT2D eigenvalue weighted by Crippen LogP contribution is 2.73. The van der Waals surface area contributed by atoms with E-state index in [9.17, 15) is 4.79 Å². The molecule has 1 spiro atoms. The van der Waals surface area contributed by atoms with Gasteiger partial charge in [-0.1, -0.05) is 19.1 Å². The van der Waals surface area contributed by atoms with E-state index in [4.69, 9.17) is 14.2 Å². The van der Waals surface area contributed by atoms with Crippen LogP contribution in [0.5, 0.6) is 5.75 Å². The third-order valence-electron chi connectivity index (χ3n) is 7.11. The van der Waals surface area contributed by atoms with Crippen molar-refractivity contribution in [1.29, 1.82) is 0 Å². The van der Waals surface area contributed by atoms with Crippen LogP contribution in [0.25, 0.3) is 6.08 Å². The Morgan fingerprint density at radius 2 is 2.09 bits per heavy atom. The first-order chi connectivity index (χ1) is 11.1. The summed E-state index contributed by atoms with van der Waals surface area (Å²) >= 11 is 0. The highest BCUT2D eigenvalue weighted by Gasteiger charge is 2.76. The molecule has 7 atom stereocenters. The minimum absolute atomic E-state index is 0.0175. The van der Waals surface area contributed by atoms with Gasteiger partial charge in [0.05, 0.1) is 24.7 Å². The lowest BCUT2D eigenvalue weighted by Gasteiger charge is -2.55. The molecule has 7 rings (SSSR count). The number of ether oxygens (including phenoxy) is 3. The Labute approximate surface area is 134 Å². The maximum Gasteiger partial charge on any atom is 0.317 e. The number of hydrogen-bond donors (Lipinski definition) is 0. The van der Waals surface area contributed by atoms with Gasteiger partial charge in [-0.25, -0.2) is 0 Å². The van der Waals surface area contributed by atoms with Crippen molar-refractivity contribution < 1.29 is 19.0 Å². The molecule has 6 aliphatic rings. The van der Waals surface area contributed by atoms with E-state index in [1.165, 1.54) is 16.7 Å². The molecule has 4 fully saturated rings. The normalized spacial score (nSPS) is 46.3. The first-order valence-electron chi connectivity index (χ1n) is 8.36. The predicted octanol–water partition coefficient (Wildman–Crippen LogP) is 2.75. The zero-order valence-corrected chi connectivity index (χ0v) is 13.3. The minimum atomic E-state index is -0.544. The quantitative estimate of drug-likeness (QED) is 0.748. The van der Waals surface area contributed by atoms with Crippen molar-refractivity contribution in [3.63, 3.8) is 0 Å². The van der Waals surface area contributed by atoms with Crippen molar-refractivity contribution in [2.45, 2.75) is 38.1 Å². The molecule has 3 aliphatic heterocycles. The molecule has 3 aliphatic carbocycles. The zero-order valence-electron chi connectivity index (χ0n) is 13.3. The van der Waals surface area contributed by atoms with Gasteiger partial charge in [0.15, 0.2) is 0 Å². The van der Waals surface area contributed by atoms with Crippen LogP contribution >= 0.6 is 0 Å². The SMILES string of the molecule is COc1cc2c3c(c1C)[C@@H]1O[C@H]4C(C)[C@@]5(C=C2)C(=O)O[C@@H]4[C@@H]1[C@@H]35. The Kier molecular flexibility index (Phi) is 1.91. The smallest absolute Gasteiger partial charge is 0.317 e. The van der Waals surface area contributed by atoms with Gasteiger partial charge in [0, 0.05) is 17.8 Å². The molecule has 0 aromatic heterocycles. The molecule has 1 unspecified atom stereocenters.